The fourth-order valence-corrected chi connectivity index (χ4v) is 6.84. The second-order valence-corrected chi connectivity index (χ2v) is 12.8. The summed E-state index contributed by atoms with van der Waals surface area (Å²) >= 11 is 8.02. The molecule has 1 fully saturated rings. The molecule has 4 heterocycles. The molecule has 1 unspecified atom stereocenters. The van der Waals surface area contributed by atoms with Crippen molar-refractivity contribution in [2.24, 2.45) is 0 Å². The van der Waals surface area contributed by atoms with E-state index in [1.807, 2.05) is 29.2 Å². The van der Waals surface area contributed by atoms with Gasteiger partial charge in [0.25, 0.3) is 5.91 Å². The molecule has 1 aromatic carbocycles. The van der Waals surface area contributed by atoms with Crippen LogP contribution < -0.4 is 10.1 Å². The van der Waals surface area contributed by atoms with Crippen molar-refractivity contribution in [3.63, 3.8) is 0 Å². The van der Waals surface area contributed by atoms with Gasteiger partial charge in [-0.3, -0.25) is 9.78 Å². The maximum atomic E-state index is 13.1. The van der Waals surface area contributed by atoms with E-state index < -0.39 is 16.1 Å². The predicted molar refractivity (Wildman–Crippen MR) is 139 cm³/mol. The monoisotopic (exact) mass is 534 g/mol. The number of fused-ring (bicyclic) bond motifs is 2. The van der Waals surface area contributed by atoms with Crippen molar-refractivity contribution in [3.05, 3.63) is 45.9 Å². The summed E-state index contributed by atoms with van der Waals surface area (Å²) in [6.45, 7) is 2.92. The molecule has 3 aromatic rings. The molecule has 2 aromatic heterocycles. The van der Waals surface area contributed by atoms with Crippen LogP contribution in [0.3, 0.4) is 0 Å². The number of hydrogen-bond acceptors (Lipinski definition) is 7. The summed E-state index contributed by atoms with van der Waals surface area (Å²) in [5.41, 5.74) is 3.45. The number of pyridine rings is 1. The SMILES string of the molecule is CN(C)S(=O)(=O)CCc1cc2nccc(-c3cc(Cl)cc4c3OC(C(=O)N3CCNCC3)C4)c2s1. The summed E-state index contributed by atoms with van der Waals surface area (Å²) in [6, 6.07) is 7.59. The van der Waals surface area contributed by atoms with Gasteiger partial charge in [0.2, 0.25) is 10.0 Å². The highest BCUT2D eigenvalue weighted by molar-refractivity contribution is 7.89. The molecule has 35 heavy (non-hydrogen) atoms. The molecule has 1 atom stereocenters. The number of nitrogens with one attached hydrogen (secondary N) is 1. The van der Waals surface area contributed by atoms with Gasteiger partial charge in [0.05, 0.1) is 16.0 Å². The molecule has 1 N–H and O–H groups in total. The van der Waals surface area contributed by atoms with Crippen LogP contribution in [0.4, 0.5) is 0 Å². The zero-order valence-corrected chi connectivity index (χ0v) is 22.0. The zero-order valence-electron chi connectivity index (χ0n) is 19.6. The Hall–Kier alpha value is -2.24. The molecule has 8 nitrogen and oxygen atoms in total. The normalized spacial score (nSPS) is 18.2. The van der Waals surface area contributed by atoms with Crippen LogP contribution in [0.1, 0.15) is 10.4 Å². The number of piperazine rings is 1. The van der Waals surface area contributed by atoms with Gasteiger partial charge >= 0.3 is 0 Å². The Balaban J connectivity index is 1.46. The molecule has 0 radical (unpaired) electrons. The van der Waals surface area contributed by atoms with Crippen molar-refractivity contribution >= 4 is 49.1 Å². The van der Waals surface area contributed by atoms with Gasteiger partial charge in [0.15, 0.2) is 6.10 Å². The number of nitrogens with zero attached hydrogens (tertiary/aromatic N) is 3. The Morgan fingerprint density at radius 1 is 1.26 bits per heavy atom. The average Bonchev–Trinajstić information content (AvgIpc) is 3.46. The van der Waals surface area contributed by atoms with Gasteiger partial charge in [-0.2, -0.15) is 0 Å². The number of aromatic nitrogens is 1. The Bertz CT molecular complexity index is 1380. The lowest BCUT2D eigenvalue weighted by atomic mass is 10.0. The number of carbonyl (C=O) groups excluding carboxylic acids is 1. The molecule has 2 aliphatic rings. The van der Waals surface area contributed by atoms with Crippen LogP contribution in [0.25, 0.3) is 21.3 Å². The highest BCUT2D eigenvalue weighted by Crippen LogP contribution is 2.44. The number of halogens is 1. The Kier molecular flexibility index (Phi) is 6.75. The highest BCUT2D eigenvalue weighted by Gasteiger charge is 2.35. The Morgan fingerprint density at radius 2 is 2.03 bits per heavy atom. The smallest absolute Gasteiger partial charge is 0.264 e. The van der Waals surface area contributed by atoms with E-state index in [1.165, 1.54) is 15.6 Å². The van der Waals surface area contributed by atoms with Crippen LogP contribution in [0, 0.1) is 0 Å². The first kappa shape index (κ1) is 24.5. The molecule has 0 saturated carbocycles. The fourth-order valence-electron chi connectivity index (χ4n) is 4.49. The summed E-state index contributed by atoms with van der Waals surface area (Å²) in [5.74, 6) is 0.721. The molecule has 11 heteroatoms. The second kappa shape index (κ2) is 9.67. The minimum atomic E-state index is -3.29. The molecule has 5 rings (SSSR count). The van der Waals surface area contributed by atoms with Gasteiger partial charge in [0, 0.05) is 79.5 Å². The van der Waals surface area contributed by atoms with Crippen molar-refractivity contribution in [1.29, 1.82) is 0 Å². The molecular weight excluding hydrogens is 508 g/mol. The molecule has 1 saturated heterocycles. The number of rotatable bonds is 6. The van der Waals surface area contributed by atoms with E-state index in [4.69, 9.17) is 16.3 Å². The lowest BCUT2D eigenvalue weighted by Crippen LogP contribution is -2.50. The van der Waals surface area contributed by atoms with E-state index in [0.717, 1.165) is 44.9 Å². The van der Waals surface area contributed by atoms with Gasteiger partial charge in [-0.1, -0.05) is 11.6 Å². The molecular formula is C24H27ClN4O4S2. The van der Waals surface area contributed by atoms with Gasteiger partial charge in [-0.15, -0.1) is 11.3 Å². The number of thiophene rings is 1. The topological polar surface area (TPSA) is 91.8 Å². The van der Waals surface area contributed by atoms with Gasteiger partial charge in [-0.25, -0.2) is 12.7 Å². The molecule has 0 spiro atoms. The minimum Gasteiger partial charge on any atom is -0.479 e. The maximum absolute atomic E-state index is 13.1. The average molecular weight is 535 g/mol. The Morgan fingerprint density at radius 3 is 2.77 bits per heavy atom. The number of sulfonamides is 1. The first-order chi connectivity index (χ1) is 16.7. The molecule has 0 aliphatic carbocycles. The van der Waals surface area contributed by atoms with E-state index in [0.29, 0.717) is 36.7 Å². The van der Waals surface area contributed by atoms with Crippen LogP contribution in [0.2, 0.25) is 5.02 Å². The predicted octanol–water partition coefficient (Wildman–Crippen LogP) is 2.79. The van der Waals surface area contributed by atoms with Crippen molar-refractivity contribution in [2.75, 3.05) is 46.0 Å². The first-order valence-corrected chi connectivity index (χ1v) is 14.3. The summed E-state index contributed by atoms with van der Waals surface area (Å²) in [6.07, 6.45) is 2.06. The second-order valence-electron chi connectivity index (χ2n) is 8.96. The summed E-state index contributed by atoms with van der Waals surface area (Å²) < 4.78 is 32.9. The summed E-state index contributed by atoms with van der Waals surface area (Å²) in [5, 5.41) is 3.84. The van der Waals surface area contributed by atoms with E-state index in [-0.39, 0.29) is 11.7 Å². The quantitative estimate of drug-likeness (QED) is 0.523. The minimum absolute atomic E-state index is 0.00478. The summed E-state index contributed by atoms with van der Waals surface area (Å²) in [4.78, 5) is 20.4. The summed E-state index contributed by atoms with van der Waals surface area (Å²) in [7, 11) is -0.208. The fraction of sp³-hybridized carbons (Fsp3) is 0.417. The van der Waals surface area contributed by atoms with Gasteiger partial charge < -0.3 is 15.0 Å². The number of benzene rings is 1. The van der Waals surface area contributed by atoms with E-state index in [9.17, 15) is 13.2 Å². The molecule has 186 valence electrons. The third kappa shape index (κ3) is 4.90. The number of carbonyl (C=O) groups is 1. The number of hydrogen-bond donors (Lipinski definition) is 1. The Labute approximate surface area is 213 Å². The molecule has 2 aliphatic heterocycles. The first-order valence-electron chi connectivity index (χ1n) is 11.5. The van der Waals surface area contributed by atoms with E-state index in [2.05, 4.69) is 10.3 Å². The van der Waals surface area contributed by atoms with Crippen molar-refractivity contribution in [2.45, 2.75) is 18.9 Å². The zero-order chi connectivity index (χ0) is 24.7. The maximum Gasteiger partial charge on any atom is 0.264 e. The number of ether oxygens (including phenoxy) is 1. The standard InChI is InChI=1S/C24H27ClN4O4S2/c1-28(2)35(31,32)10-4-17-14-20-23(34-17)18(3-5-27-20)19-13-16(25)11-15-12-21(33-22(15)19)24(30)29-8-6-26-7-9-29/h3,5,11,13-14,21,26H,4,6-10,12H2,1-2H3. The van der Waals surface area contributed by atoms with Crippen molar-refractivity contribution in [1.82, 2.24) is 19.5 Å². The van der Waals surface area contributed by atoms with Gasteiger partial charge in [-0.05, 0) is 30.7 Å². The lowest BCUT2D eigenvalue weighted by molar-refractivity contribution is -0.138. The van der Waals surface area contributed by atoms with E-state index in [1.54, 1.807) is 20.3 Å². The number of amides is 1. The third-order valence-corrected chi connectivity index (χ3v) is 9.68. The number of aryl methyl sites for hydroxylation is 1. The van der Waals surface area contributed by atoms with Crippen LogP contribution >= 0.6 is 22.9 Å². The molecule has 1 amide bonds. The largest absolute Gasteiger partial charge is 0.479 e. The van der Waals surface area contributed by atoms with Gasteiger partial charge in [0.1, 0.15) is 5.75 Å². The van der Waals surface area contributed by atoms with Crippen LogP contribution in [-0.2, 0) is 27.7 Å². The highest BCUT2D eigenvalue weighted by atomic mass is 35.5. The van der Waals surface area contributed by atoms with E-state index >= 15 is 0 Å². The van der Waals surface area contributed by atoms with Crippen LogP contribution in [0.15, 0.2) is 30.5 Å². The molecule has 0 bridgehead atoms. The van der Waals surface area contributed by atoms with Crippen LogP contribution in [-0.4, -0.2) is 80.6 Å². The van der Waals surface area contributed by atoms with Crippen molar-refractivity contribution in [3.8, 4) is 16.9 Å². The van der Waals surface area contributed by atoms with Crippen molar-refractivity contribution < 1.29 is 17.9 Å². The third-order valence-electron chi connectivity index (χ3n) is 6.42. The van der Waals surface area contributed by atoms with Crippen LogP contribution in [0.5, 0.6) is 5.75 Å². The lowest BCUT2D eigenvalue weighted by Gasteiger charge is -2.29.